The van der Waals surface area contributed by atoms with Crippen LogP contribution in [0, 0.1) is 17.2 Å². The van der Waals surface area contributed by atoms with E-state index < -0.39 is 0 Å². The smallest absolute Gasteiger partial charge is 0.222 e. The summed E-state index contributed by atoms with van der Waals surface area (Å²) in [5, 5.41) is 12.4. The van der Waals surface area contributed by atoms with Gasteiger partial charge in [-0.05, 0) is 36.8 Å². The first-order chi connectivity index (χ1) is 10.2. The molecule has 106 valence electrons. The van der Waals surface area contributed by atoms with E-state index in [4.69, 9.17) is 0 Å². The third-order valence-corrected chi connectivity index (χ3v) is 4.32. The van der Waals surface area contributed by atoms with E-state index in [0.29, 0.717) is 11.9 Å². The average molecular weight is 278 g/mol. The van der Waals surface area contributed by atoms with E-state index in [1.807, 2.05) is 19.1 Å². The quantitative estimate of drug-likeness (QED) is 0.931. The molecule has 0 spiro atoms. The van der Waals surface area contributed by atoms with Crippen LogP contribution in [0.25, 0.3) is 11.1 Å². The summed E-state index contributed by atoms with van der Waals surface area (Å²) in [7, 11) is 1.80. The first kappa shape index (κ1) is 13.6. The molecule has 0 saturated heterocycles. The Morgan fingerprint density at radius 1 is 1.14 bits per heavy atom. The largest absolute Gasteiger partial charge is 0.357 e. The Hall–Kier alpha value is -2.41. The summed E-state index contributed by atoms with van der Waals surface area (Å²) < 4.78 is 0. The van der Waals surface area contributed by atoms with Crippen molar-refractivity contribution in [1.82, 2.24) is 9.97 Å². The fraction of sp³-hybridized carbons (Fsp3) is 0.353. The van der Waals surface area contributed by atoms with E-state index in [0.717, 1.165) is 29.5 Å². The summed E-state index contributed by atoms with van der Waals surface area (Å²) in [4.78, 5) is 8.45. The number of anilines is 1. The number of aromatic nitrogens is 2. The molecule has 0 bridgehead atoms. The van der Waals surface area contributed by atoms with Gasteiger partial charge in [-0.1, -0.05) is 24.3 Å². The predicted octanol–water partition coefficient (Wildman–Crippen LogP) is 3.38. The highest BCUT2D eigenvalue weighted by Crippen LogP contribution is 2.47. The van der Waals surface area contributed by atoms with Crippen LogP contribution in [0.4, 0.5) is 5.95 Å². The van der Waals surface area contributed by atoms with E-state index in [2.05, 4.69) is 33.5 Å². The van der Waals surface area contributed by atoms with Crippen molar-refractivity contribution in [3.8, 4) is 17.2 Å². The topological polar surface area (TPSA) is 61.6 Å². The van der Waals surface area contributed by atoms with Gasteiger partial charge in [0.25, 0.3) is 0 Å². The van der Waals surface area contributed by atoms with Gasteiger partial charge in [-0.25, -0.2) is 9.97 Å². The number of nitriles is 1. The number of nitrogens with zero attached hydrogens (tertiary/aromatic N) is 3. The Bertz CT molecular complexity index is 665. The molecule has 1 aliphatic rings. The van der Waals surface area contributed by atoms with E-state index >= 15 is 0 Å². The normalized spacial score (nSPS) is 16.8. The van der Waals surface area contributed by atoms with Crippen molar-refractivity contribution in [3.63, 3.8) is 0 Å². The highest BCUT2D eigenvalue weighted by molar-refractivity contribution is 5.62. The van der Waals surface area contributed by atoms with Crippen LogP contribution in [0.5, 0.6) is 0 Å². The molecular weight excluding hydrogens is 260 g/mol. The molecule has 1 aromatic heterocycles. The monoisotopic (exact) mass is 278 g/mol. The summed E-state index contributed by atoms with van der Waals surface area (Å²) in [6.45, 7) is 2.05. The molecular formula is C17H18N4. The zero-order chi connectivity index (χ0) is 14.9. The van der Waals surface area contributed by atoms with Crippen LogP contribution >= 0.6 is 0 Å². The van der Waals surface area contributed by atoms with E-state index in [9.17, 15) is 5.26 Å². The summed E-state index contributed by atoms with van der Waals surface area (Å²) in [6, 6.07) is 10.7. The fourth-order valence-electron chi connectivity index (χ4n) is 2.67. The minimum Gasteiger partial charge on any atom is -0.357 e. The average Bonchev–Trinajstić information content (AvgIpc) is 3.40. The fourth-order valence-corrected chi connectivity index (χ4v) is 2.67. The third-order valence-electron chi connectivity index (χ3n) is 4.32. The SMILES string of the molecule is CNc1ncc(-c2ccc([C@](C)(C#N)C3CC3)cc2)cn1. The Morgan fingerprint density at radius 3 is 2.24 bits per heavy atom. The Kier molecular flexibility index (Phi) is 3.34. The molecule has 1 aliphatic carbocycles. The van der Waals surface area contributed by atoms with Crippen molar-refractivity contribution in [2.24, 2.45) is 5.92 Å². The second-order valence-electron chi connectivity index (χ2n) is 5.71. The van der Waals surface area contributed by atoms with Gasteiger partial charge in [-0.2, -0.15) is 5.26 Å². The minimum absolute atomic E-state index is 0.356. The van der Waals surface area contributed by atoms with Crippen molar-refractivity contribution in [1.29, 1.82) is 5.26 Å². The number of benzene rings is 1. The number of rotatable bonds is 4. The lowest BCUT2D eigenvalue weighted by molar-refractivity contribution is 0.529. The van der Waals surface area contributed by atoms with E-state index in [1.165, 1.54) is 0 Å². The maximum absolute atomic E-state index is 9.52. The highest BCUT2D eigenvalue weighted by Gasteiger charge is 2.43. The van der Waals surface area contributed by atoms with Crippen LogP contribution in [0.15, 0.2) is 36.7 Å². The van der Waals surface area contributed by atoms with Crippen LogP contribution in [0.2, 0.25) is 0 Å². The molecule has 4 heteroatoms. The first-order valence-corrected chi connectivity index (χ1v) is 7.19. The standard InChI is InChI=1S/C17H18N4/c1-17(11-18,15-7-8-15)14-5-3-12(4-6-14)13-9-20-16(19-2)21-10-13/h3-6,9-10,15H,7-8H2,1-2H3,(H,19,20,21)/t17-/m0/s1. The van der Waals surface area contributed by atoms with Gasteiger partial charge in [0.05, 0.1) is 11.5 Å². The van der Waals surface area contributed by atoms with E-state index in [1.54, 1.807) is 19.4 Å². The molecule has 0 amide bonds. The molecule has 3 rings (SSSR count). The summed E-state index contributed by atoms with van der Waals surface area (Å²) in [5.41, 5.74) is 2.79. The highest BCUT2D eigenvalue weighted by atomic mass is 15.1. The lowest BCUT2D eigenvalue weighted by atomic mass is 9.79. The maximum Gasteiger partial charge on any atom is 0.222 e. The summed E-state index contributed by atoms with van der Waals surface area (Å²) in [6.07, 6.45) is 5.92. The van der Waals surface area contributed by atoms with Crippen LogP contribution in [-0.2, 0) is 5.41 Å². The van der Waals surface area contributed by atoms with Gasteiger partial charge in [0.15, 0.2) is 0 Å². The minimum atomic E-state index is -0.356. The molecule has 1 N–H and O–H groups in total. The number of nitrogens with one attached hydrogen (secondary N) is 1. The van der Waals surface area contributed by atoms with E-state index in [-0.39, 0.29) is 5.41 Å². The molecule has 21 heavy (non-hydrogen) atoms. The molecule has 0 unspecified atom stereocenters. The zero-order valence-corrected chi connectivity index (χ0v) is 12.3. The van der Waals surface area contributed by atoms with Crippen molar-refractivity contribution < 1.29 is 0 Å². The summed E-state index contributed by atoms with van der Waals surface area (Å²) in [5.74, 6) is 1.12. The van der Waals surface area contributed by atoms with Gasteiger partial charge in [-0.15, -0.1) is 0 Å². The molecule has 0 aliphatic heterocycles. The molecule has 1 heterocycles. The van der Waals surface area contributed by atoms with Gasteiger partial charge in [-0.3, -0.25) is 0 Å². The maximum atomic E-state index is 9.52. The summed E-state index contributed by atoms with van der Waals surface area (Å²) >= 11 is 0. The molecule has 0 radical (unpaired) electrons. The number of hydrogen-bond acceptors (Lipinski definition) is 4. The second-order valence-corrected chi connectivity index (χ2v) is 5.71. The first-order valence-electron chi connectivity index (χ1n) is 7.19. The van der Waals surface area contributed by atoms with Crippen LogP contribution < -0.4 is 5.32 Å². The van der Waals surface area contributed by atoms with Crippen molar-refractivity contribution in [2.45, 2.75) is 25.2 Å². The zero-order valence-electron chi connectivity index (χ0n) is 12.3. The molecule has 1 atom stereocenters. The Labute approximate surface area is 124 Å². The Morgan fingerprint density at radius 2 is 1.76 bits per heavy atom. The lowest BCUT2D eigenvalue weighted by Crippen LogP contribution is -2.22. The van der Waals surface area contributed by atoms with Crippen LogP contribution in [0.3, 0.4) is 0 Å². The molecule has 1 aromatic carbocycles. The Balaban J connectivity index is 1.88. The molecule has 1 fully saturated rings. The third kappa shape index (κ3) is 2.47. The van der Waals surface area contributed by atoms with Crippen LogP contribution in [-0.4, -0.2) is 17.0 Å². The molecule has 1 saturated carbocycles. The van der Waals surface area contributed by atoms with Crippen molar-refractivity contribution >= 4 is 5.95 Å². The van der Waals surface area contributed by atoms with Crippen LogP contribution in [0.1, 0.15) is 25.3 Å². The number of hydrogen-bond donors (Lipinski definition) is 1. The molecule has 4 nitrogen and oxygen atoms in total. The molecule has 2 aromatic rings. The van der Waals surface area contributed by atoms with Gasteiger partial charge in [0.1, 0.15) is 0 Å². The van der Waals surface area contributed by atoms with Crippen molar-refractivity contribution in [3.05, 3.63) is 42.2 Å². The predicted molar refractivity (Wildman–Crippen MR) is 82.7 cm³/mol. The van der Waals surface area contributed by atoms with Crippen molar-refractivity contribution in [2.75, 3.05) is 12.4 Å². The second kappa shape index (κ2) is 5.17. The lowest BCUT2D eigenvalue weighted by Gasteiger charge is -2.21. The van der Waals surface area contributed by atoms with Gasteiger partial charge in [0, 0.05) is 25.0 Å². The van der Waals surface area contributed by atoms with Gasteiger partial charge in [0.2, 0.25) is 5.95 Å². The van der Waals surface area contributed by atoms with Gasteiger partial charge >= 0.3 is 0 Å². The van der Waals surface area contributed by atoms with Gasteiger partial charge < -0.3 is 5.32 Å².